The van der Waals surface area contributed by atoms with E-state index in [-0.39, 0.29) is 11.7 Å². The number of nitrogens with zero attached hydrogens (tertiary/aromatic N) is 2. The Morgan fingerprint density at radius 1 is 1.45 bits per heavy atom. The average Bonchev–Trinajstić information content (AvgIpc) is 2.76. The van der Waals surface area contributed by atoms with Crippen LogP contribution in [0, 0.1) is 18.2 Å². The SMILES string of the molecule is CNc1c(C)c(C(=N)OC)nn1Cc1ccccc1F. The highest BCUT2D eigenvalue weighted by Crippen LogP contribution is 2.21. The van der Waals surface area contributed by atoms with Crippen molar-refractivity contribution in [2.75, 3.05) is 19.5 Å². The van der Waals surface area contributed by atoms with E-state index in [0.717, 1.165) is 11.4 Å². The summed E-state index contributed by atoms with van der Waals surface area (Å²) >= 11 is 0. The van der Waals surface area contributed by atoms with Gasteiger partial charge in [-0.1, -0.05) is 18.2 Å². The van der Waals surface area contributed by atoms with Crippen LogP contribution in [0.2, 0.25) is 0 Å². The van der Waals surface area contributed by atoms with Crippen molar-refractivity contribution < 1.29 is 9.13 Å². The Bertz CT molecular complexity index is 636. The molecule has 0 spiro atoms. The maximum absolute atomic E-state index is 13.7. The van der Waals surface area contributed by atoms with Crippen LogP contribution in [0.5, 0.6) is 0 Å². The highest BCUT2D eigenvalue weighted by atomic mass is 19.1. The highest BCUT2D eigenvalue weighted by Gasteiger charge is 2.18. The zero-order valence-electron chi connectivity index (χ0n) is 11.7. The van der Waals surface area contributed by atoms with Crippen LogP contribution in [0.1, 0.15) is 16.8 Å². The number of rotatable bonds is 4. The van der Waals surface area contributed by atoms with Gasteiger partial charge in [-0.05, 0) is 13.0 Å². The lowest BCUT2D eigenvalue weighted by Gasteiger charge is -2.08. The third-order valence-corrected chi connectivity index (χ3v) is 3.12. The van der Waals surface area contributed by atoms with Crippen LogP contribution >= 0.6 is 0 Å². The number of anilines is 1. The third-order valence-electron chi connectivity index (χ3n) is 3.12. The van der Waals surface area contributed by atoms with Crippen molar-refractivity contribution in [3.05, 3.63) is 46.9 Å². The summed E-state index contributed by atoms with van der Waals surface area (Å²) in [5.41, 5.74) is 1.80. The fourth-order valence-electron chi connectivity index (χ4n) is 2.08. The largest absolute Gasteiger partial charge is 0.480 e. The minimum Gasteiger partial charge on any atom is -0.480 e. The van der Waals surface area contributed by atoms with Crippen LogP contribution in [-0.4, -0.2) is 29.8 Å². The summed E-state index contributed by atoms with van der Waals surface area (Å²) in [6, 6.07) is 6.57. The van der Waals surface area contributed by atoms with Gasteiger partial charge in [0.05, 0.1) is 13.7 Å². The average molecular weight is 276 g/mol. The van der Waals surface area contributed by atoms with E-state index >= 15 is 0 Å². The molecule has 1 aromatic heterocycles. The summed E-state index contributed by atoms with van der Waals surface area (Å²) in [5.74, 6) is 0.461. The van der Waals surface area contributed by atoms with Crippen LogP contribution in [0.25, 0.3) is 0 Å². The number of aromatic nitrogens is 2. The molecule has 106 valence electrons. The molecule has 0 atom stereocenters. The van der Waals surface area contributed by atoms with Gasteiger partial charge in [0, 0.05) is 18.2 Å². The molecule has 2 rings (SSSR count). The second kappa shape index (κ2) is 5.73. The standard InChI is InChI=1S/C14H17FN4O/c1-9-12(13(16)20-3)18-19(14(9)17-2)8-10-6-4-5-7-11(10)15/h4-7,16-17H,8H2,1-3H3. The van der Waals surface area contributed by atoms with E-state index in [2.05, 4.69) is 10.4 Å². The molecule has 6 heteroatoms. The summed E-state index contributed by atoms with van der Waals surface area (Å²) in [4.78, 5) is 0. The first kappa shape index (κ1) is 14.0. The Labute approximate surface area is 116 Å². The molecule has 0 amide bonds. The van der Waals surface area contributed by atoms with Crippen LogP contribution < -0.4 is 5.32 Å². The summed E-state index contributed by atoms with van der Waals surface area (Å²) in [5, 5.41) is 15.1. The predicted octanol–water partition coefficient (Wildman–Crippen LogP) is 2.39. The maximum Gasteiger partial charge on any atom is 0.234 e. The molecular weight excluding hydrogens is 259 g/mol. The van der Waals surface area contributed by atoms with Gasteiger partial charge in [-0.25, -0.2) is 9.07 Å². The first-order valence-electron chi connectivity index (χ1n) is 6.20. The number of benzene rings is 1. The van der Waals surface area contributed by atoms with E-state index in [9.17, 15) is 4.39 Å². The van der Waals surface area contributed by atoms with Gasteiger partial charge in [0.15, 0.2) is 5.69 Å². The molecule has 20 heavy (non-hydrogen) atoms. The van der Waals surface area contributed by atoms with Gasteiger partial charge in [-0.3, -0.25) is 5.41 Å². The number of ether oxygens (including phenoxy) is 1. The fraction of sp³-hybridized carbons (Fsp3) is 0.286. The zero-order valence-corrected chi connectivity index (χ0v) is 11.7. The minimum atomic E-state index is -0.272. The van der Waals surface area contributed by atoms with Crippen molar-refractivity contribution in [2.24, 2.45) is 0 Å². The van der Waals surface area contributed by atoms with Gasteiger partial charge in [0.1, 0.15) is 11.6 Å². The third kappa shape index (κ3) is 2.49. The topological polar surface area (TPSA) is 62.9 Å². The summed E-state index contributed by atoms with van der Waals surface area (Å²) in [7, 11) is 3.19. The first-order valence-corrected chi connectivity index (χ1v) is 6.20. The van der Waals surface area contributed by atoms with Crippen molar-refractivity contribution in [1.82, 2.24) is 9.78 Å². The molecule has 0 saturated carbocycles. The van der Waals surface area contributed by atoms with Gasteiger partial charge in [0.2, 0.25) is 5.90 Å². The monoisotopic (exact) mass is 276 g/mol. The second-order valence-corrected chi connectivity index (χ2v) is 4.35. The van der Waals surface area contributed by atoms with Crippen LogP contribution in [-0.2, 0) is 11.3 Å². The predicted molar refractivity (Wildman–Crippen MR) is 75.9 cm³/mol. The van der Waals surface area contributed by atoms with E-state index in [4.69, 9.17) is 10.1 Å². The number of hydrogen-bond acceptors (Lipinski definition) is 4. The molecule has 1 heterocycles. The normalized spacial score (nSPS) is 10.4. The molecule has 0 radical (unpaired) electrons. The van der Waals surface area contributed by atoms with E-state index in [1.54, 1.807) is 29.9 Å². The molecule has 0 aliphatic heterocycles. The number of halogens is 1. The van der Waals surface area contributed by atoms with Crippen molar-refractivity contribution in [1.29, 1.82) is 5.41 Å². The highest BCUT2D eigenvalue weighted by molar-refractivity contribution is 5.92. The van der Waals surface area contributed by atoms with Crippen LogP contribution in [0.4, 0.5) is 10.2 Å². The lowest BCUT2D eigenvalue weighted by molar-refractivity contribution is 0.398. The van der Waals surface area contributed by atoms with Gasteiger partial charge < -0.3 is 10.1 Å². The molecule has 0 unspecified atom stereocenters. The quantitative estimate of drug-likeness (QED) is 0.665. The molecule has 1 aromatic carbocycles. The van der Waals surface area contributed by atoms with Gasteiger partial charge in [0.25, 0.3) is 0 Å². The summed E-state index contributed by atoms with van der Waals surface area (Å²) in [6.07, 6.45) is 0. The number of nitrogens with one attached hydrogen (secondary N) is 2. The summed E-state index contributed by atoms with van der Waals surface area (Å²) < 4.78 is 20.3. The Hall–Kier alpha value is -2.37. The molecule has 0 saturated heterocycles. The van der Waals surface area contributed by atoms with Crippen molar-refractivity contribution in [3.8, 4) is 0 Å². The first-order chi connectivity index (χ1) is 9.58. The van der Waals surface area contributed by atoms with Crippen LogP contribution in [0.15, 0.2) is 24.3 Å². The lowest BCUT2D eigenvalue weighted by Crippen LogP contribution is -2.09. The Morgan fingerprint density at radius 2 is 2.15 bits per heavy atom. The fourth-order valence-corrected chi connectivity index (χ4v) is 2.08. The molecule has 0 bridgehead atoms. The Balaban J connectivity index is 2.42. The lowest BCUT2D eigenvalue weighted by atomic mass is 10.2. The van der Waals surface area contributed by atoms with Gasteiger partial charge in [-0.15, -0.1) is 0 Å². The smallest absolute Gasteiger partial charge is 0.234 e. The maximum atomic E-state index is 13.7. The van der Waals surface area contributed by atoms with Crippen molar-refractivity contribution >= 4 is 11.7 Å². The molecule has 5 nitrogen and oxygen atoms in total. The second-order valence-electron chi connectivity index (χ2n) is 4.35. The van der Waals surface area contributed by atoms with E-state index < -0.39 is 0 Å². The Morgan fingerprint density at radius 3 is 2.75 bits per heavy atom. The molecular formula is C14H17FN4O. The Kier molecular flexibility index (Phi) is 4.02. The van der Waals surface area contributed by atoms with Crippen molar-refractivity contribution in [2.45, 2.75) is 13.5 Å². The van der Waals surface area contributed by atoms with E-state index in [0.29, 0.717) is 17.8 Å². The molecule has 0 aliphatic carbocycles. The number of methoxy groups -OCH3 is 1. The minimum absolute atomic E-state index is 0.00807. The van der Waals surface area contributed by atoms with Crippen molar-refractivity contribution in [3.63, 3.8) is 0 Å². The molecule has 2 aromatic rings. The molecule has 2 N–H and O–H groups in total. The summed E-state index contributed by atoms with van der Waals surface area (Å²) in [6.45, 7) is 2.14. The number of hydrogen-bond donors (Lipinski definition) is 2. The zero-order chi connectivity index (χ0) is 14.7. The molecule has 0 aliphatic rings. The van der Waals surface area contributed by atoms with E-state index in [1.807, 2.05) is 6.92 Å². The van der Waals surface area contributed by atoms with Crippen LogP contribution in [0.3, 0.4) is 0 Å². The molecule has 0 fully saturated rings. The van der Waals surface area contributed by atoms with Gasteiger partial charge >= 0.3 is 0 Å². The van der Waals surface area contributed by atoms with E-state index in [1.165, 1.54) is 13.2 Å². The van der Waals surface area contributed by atoms with Gasteiger partial charge in [-0.2, -0.15) is 5.10 Å².